The highest BCUT2D eigenvalue weighted by atomic mass is 16.5. The number of methoxy groups -OCH3 is 2. The number of hydrogen-bond donors (Lipinski definition) is 1. The molecule has 0 spiro atoms. The number of nitrogens with one attached hydrogen (secondary N) is 1. The molecule has 1 fully saturated rings. The van der Waals surface area contributed by atoms with Gasteiger partial charge in [0.05, 0.1) is 20.5 Å². The van der Waals surface area contributed by atoms with E-state index in [4.69, 9.17) is 14.2 Å². The highest BCUT2D eigenvalue weighted by Crippen LogP contribution is 2.35. The quantitative estimate of drug-likeness (QED) is 0.492. The second-order valence-electron chi connectivity index (χ2n) is 7.70. The zero-order chi connectivity index (χ0) is 21.9. The zero-order valence-corrected chi connectivity index (χ0v) is 18.1. The van der Waals surface area contributed by atoms with Crippen molar-refractivity contribution in [2.24, 2.45) is 0 Å². The van der Waals surface area contributed by atoms with Crippen molar-refractivity contribution in [1.29, 1.82) is 0 Å². The largest absolute Gasteiger partial charge is 0.497 e. The third-order valence-electron chi connectivity index (χ3n) is 5.80. The van der Waals surface area contributed by atoms with E-state index in [1.54, 1.807) is 26.9 Å². The lowest BCUT2D eigenvalue weighted by Crippen LogP contribution is -2.38. The summed E-state index contributed by atoms with van der Waals surface area (Å²) in [7, 11) is 3.34. The molecule has 2 aromatic carbocycles. The highest BCUT2D eigenvalue weighted by Gasteiger charge is 2.23. The fourth-order valence-electron chi connectivity index (χ4n) is 4.15. The van der Waals surface area contributed by atoms with Gasteiger partial charge >= 0.3 is 0 Å². The topological polar surface area (TPSA) is 85.4 Å². The van der Waals surface area contributed by atoms with E-state index in [-0.39, 0.29) is 6.10 Å². The van der Waals surface area contributed by atoms with Crippen molar-refractivity contribution in [2.75, 3.05) is 32.2 Å². The standard InChI is InChI=1S/C24H25N5O3/c1-30-18-6-7-21(31-2)20(13-18)16-4-3-5-19(12-16)32-17-8-10-29(11-9-17)24-22-23(26-14-25-22)27-15-28-24/h3-7,12-15,17H,8-11H2,1-2H3,(H,25,26,27,28). The van der Waals surface area contributed by atoms with Gasteiger partial charge in [0.15, 0.2) is 11.5 Å². The molecular weight excluding hydrogens is 406 g/mol. The van der Waals surface area contributed by atoms with Gasteiger partial charge in [-0.1, -0.05) is 12.1 Å². The van der Waals surface area contributed by atoms with Gasteiger partial charge in [-0.3, -0.25) is 0 Å². The summed E-state index contributed by atoms with van der Waals surface area (Å²) in [6, 6.07) is 13.9. The van der Waals surface area contributed by atoms with Gasteiger partial charge in [-0.25, -0.2) is 15.0 Å². The third-order valence-corrected chi connectivity index (χ3v) is 5.80. The van der Waals surface area contributed by atoms with Crippen LogP contribution in [0.2, 0.25) is 0 Å². The van der Waals surface area contributed by atoms with Crippen molar-refractivity contribution >= 4 is 17.0 Å². The van der Waals surface area contributed by atoms with Gasteiger partial charge in [0.2, 0.25) is 0 Å². The number of benzene rings is 2. The van der Waals surface area contributed by atoms with Crippen LogP contribution in [0.3, 0.4) is 0 Å². The number of H-pyrrole nitrogens is 1. The van der Waals surface area contributed by atoms with E-state index < -0.39 is 0 Å². The molecule has 0 unspecified atom stereocenters. The Hall–Kier alpha value is -3.81. The maximum atomic E-state index is 6.35. The van der Waals surface area contributed by atoms with Crippen LogP contribution in [-0.4, -0.2) is 53.3 Å². The molecule has 32 heavy (non-hydrogen) atoms. The average Bonchev–Trinajstić information content (AvgIpc) is 3.33. The van der Waals surface area contributed by atoms with E-state index in [0.717, 1.165) is 65.6 Å². The Morgan fingerprint density at radius 1 is 0.938 bits per heavy atom. The molecule has 5 rings (SSSR count). The Morgan fingerprint density at radius 3 is 2.62 bits per heavy atom. The van der Waals surface area contributed by atoms with E-state index in [9.17, 15) is 0 Å². The molecule has 8 nitrogen and oxygen atoms in total. The monoisotopic (exact) mass is 431 g/mol. The first-order valence-corrected chi connectivity index (χ1v) is 10.6. The number of ether oxygens (including phenoxy) is 3. The summed E-state index contributed by atoms with van der Waals surface area (Å²) in [5.41, 5.74) is 3.57. The molecule has 1 saturated heterocycles. The SMILES string of the molecule is COc1ccc(OC)c(-c2cccc(OC3CCN(c4ncnc5nc[nH]c45)CC3)c2)c1. The van der Waals surface area contributed by atoms with Crippen LogP contribution in [0, 0.1) is 0 Å². The summed E-state index contributed by atoms with van der Waals surface area (Å²) in [4.78, 5) is 18.3. The number of fused-ring (bicyclic) bond motifs is 1. The summed E-state index contributed by atoms with van der Waals surface area (Å²) < 4.78 is 17.3. The Labute approximate surface area is 186 Å². The van der Waals surface area contributed by atoms with E-state index in [1.807, 2.05) is 30.3 Å². The summed E-state index contributed by atoms with van der Waals surface area (Å²) >= 11 is 0. The lowest BCUT2D eigenvalue weighted by molar-refractivity contribution is 0.171. The molecule has 2 aromatic heterocycles. The molecular formula is C24H25N5O3. The minimum absolute atomic E-state index is 0.146. The number of aromatic nitrogens is 4. The van der Waals surface area contributed by atoms with Crippen LogP contribution >= 0.6 is 0 Å². The van der Waals surface area contributed by atoms with Gasteiger partial charge in [-0.2, -0.15) is 0 Å². The van der Waals surface area contributed by atoms with Gasteiger partial charge in [-0.05, 0) is 35.9 Å². The van der Waals surface area contributed by atoms with Crippen molar-refractivity contribution in [3.05, 3.63) is 55.1 Å². The first-order valence-electron chi connectivity index (χ1n) is 10.6. The van der Waals surface area contributed by atoms with Gasteiger partial charge in [-0.15, -0.1) is 0 Å². The number of aromatic amines is 1. The normalized spacial score (nSPS) is 14.5. The first-order chi connectivity index (χ1) is 15.7. The van der Waals surface area contributed by atoms with Crippen molar-refractivity contribution < 1.29 is 14.2 Å². The van der Waals surface area contributed by atoms with Crippen molar-refractivity contribution in [2.45, 2.75) is 18.9 Å². The van der Waals surface area contributed by atoms with Gasteiger partial charge in [0.1, 0.15) is 35.2 Å². The smallest absolute Gasteiger partial charge is 0.182 e. The fourth-order valence-corrected chi connectivity index (χ4v) is 4.15. The Kier molecular flexibility index (Phi) is 5.49. The number of anilines is 1. The number of hydrogen-bond acceptors (Lipinski definition) is 7. The molecule has 1 N–H and O–H groups in total. The van der Waals surface area contributed by atoms with E-state index in [2.05, 4.69) is 37.0 Å². The Bertz CT molecular complexity index is 1220. The fraction of sp³-hybridized carbons (Fsp3) is 0.292. The molecule has 0 amide bonds. The lowest BCUT2D eigenvalue weighted by Gasteiger charge is -2.33. The molecule has 0 aliphatic carbocycles. The van der Waals surface area contributed by atoms with Gasteiger partial charge < -0.3 is 24.1 Å². The summed E-state index contributed by atoms with van der Waals surface area (Å²) in [5, 5.41) is 0. The number of rotatable bonds is 6. The second kappa shape index (κ2) is 8.74. The Balaban J connectivity index is 1.29. The van der Waals surface area contributed by atoms with Crippen LogP contribution in [0.4, 0.5) is 5.82 Å². The molecule has 0 radical (unpaired) electrons. The molecule has 1 aliphatic rings. The summed E-state index contributed by atoms with van der Waals surface area (Å²) in [6.45, 7) is 1.72. The van der Waals surface area contributed by atoms with Crippen LogP contribution in [0.15, 0.2) is 55.1 Å². The highest BCUT2D eigenvalue weighted by molar-refractivity contribution is 5.82. The van der Waals surface area contributed by atoms with Crippen LogP contribution in [-0.2, 0) is 0 Å². The van der Waals surface area contributed by atoms with E-state index in [1.165, 1.54) is 0 Å². The maximum absolute atomic E-state index is 6.35. The van der Waals surface area contributed by atoms with Gasteiger partial charge in [0, 0.05) is 31.5 Å². The molecule has 0 bridgehead atoms. The molecule has 0 atom stereocenters. The maximum Gasteiger partial charge on any atom is 0.182 e. The van der Waals surface area contributed by atoms with Gasteiger partial charge in [0.25, 0.3) is 0 Å². The van der Waals surface area contributed by atoms with E-state index in [0.29, 0.717) is 5.65 Å². The summed E-state index contributed by atoms with van der Waals surface area (Å²) in [5.74, 6) is 3.34. The number of imidazole rings is 1. The molecule has 164 valence electrons. The Morgan fingerprint density at radius 2 is 1.81 bits per heavy atom. The van der Waals surface area contributed by atoms with Crippen LogP contribution in [0.5, 0.6) is 17.2 Å². The number of nitrogens with zero attached hydrogens (tertiary/aromatic N) is 4. The zero-order valence-electron chi connectivity index (χ0n) is 18.1. The second-order valence-corrected chi connectivity index (χ2v) is 7.70. The molecule has 1 aliphatic heterocycles. The van der Waals surface area contributed by atoms with E-state index >= 15 is 0 Å². The predicted molar refractivity (Wildman–Crippen MR) is 123 cm³/mol. The van der Waals surface area contributed by atoms with Crippen LogP contribution in [0.25, 0.3) is 22.3 Å². The molecule has 8 heteroatoms. The average molecular weight is 431 g/mol. The minimum atomic E-state index is 0.146. The minimum Gasteiger partial charge on any atom is -0.497 e. The number of piperidine rings is 1. The van der Waals surface area contributed by atoms with Crippen molar-refractivity contribution in [3.63, 3.8) is 0 Å². The molecule has 4 aromatic rings. The van der Waals surface area contributed by atoms with Crippen LogP contribution in [0.1, 0.15) is 12.8 Å². The van der Waals surface area contributed by atoms with Crippen LogP contribution < -0.4 is 19.1 Å². The predicted octanol–water partition coefficient (Wildman–Crippen LogP) is 4.08. The summed E-state index contributed by atoms with van der Waals surface area (Å²) in [6.07, 6.45) is 5.19. The molecule has 3 heterocycles. The lowest BCUT2D eigenvalue weighted by atomic mass is 10.0. The third kappa shape index (κ3) is 3.91. The van der Waals surface area contributed by atoms with Crippen molar-refractivity contribution in [1.82, 2.24) is 19.9 Å². The molecule has 0 saturated carbocycles. The first kappa shape index (κ1) is 20.1. The van der Waals surface area contributed by atoms with Crippen molar-refractivity contribution in [3.8, 4) is 28.4 Å².